The smallest absolute Gasteiger partial charge is 0.328 e. The van der Waals surface area contributed by atoms with Gasteiger partial charge in [-0.3, -0.25) is 0 Å². The molecule has 0 saturated heterocycles. The van der Waals surface area contributed by atoms with Crippen LogP contribution in [0.4, 0.5) is 0 Å². The third kappa shape index (κ3) is 6.75. The number of aliphatic carboxylic acids is 1. The number of carboxylic acid groups (broad SMARTS) is 1. The van der Waals surface area contributed by atoms with Crippen molar-refractivity contribution in [2.24, 2.45) is 5.73 Å². The average molecular weight is 343 g/mol. The van der Waals surface area contributed by atoms with Crippen LogP contribution < -0.4 is 10.5 Å². The van der Waals surface area contributed by atoms with Crippen molar-refractivity contribution in [1.29, 1.82) is 0 Å². The summed E-state index contributed by atoms with van der Waals surface area (Å²) in [5.41, 5.74) is 7.72. The molecule has 3 rings (SSSR count). The van der Waals surface area contributed by atoms with Gasteiger partial charge >= 0.3 is 5.97 Å². The minimum Gasteiger partial charge on any atom is -0.497 e. The van der Waals surface area contributed by atoms with E-state index >= 15 is 0 Å². The molecule has 4 nitrogen and oxygen atoms in total. The van der Waals surface area contributed by atoms with E-state index in [1.807, 2.05) is 36.4 Å². The summed E-state index contributed by atoms with van der Waals surface area (Å²) in [6.07, 6.45) is 13.6. The normalized spacial score (nSPS) is 22.2. The zero-order valence-corrected chi connectivity index (χ0v) is 15.0. The van der Waals surface area contributed by atoms with Crippen LogP contribution in [-0.4, -0.2) is 24.2 Å². The molecule has 2 aliphatic carbocycles. The van der Waals surface area contributed by atoms with Crippen LogP contribution in [0.15, 0.2) is 48.1 Å². The first kappa shape index (κ1) is 19.3. The molecular weight excluding hydrogens is 314 g/mol. The highest BCUT2D eigenvalue weighted by Gasteiger charge is 2.15. The van der Waals surface area contributed by atoms with Gasteiger partial charge in [-0.05, 0) is 54.9 Å². The number of ether oxygens (including phenoxy) is 1. The Balaban J connectivity index is 0.000000269. The van der Waals surface area contributed by atoms with Gasteiger partial charge in [0.15, 0.2) is 0 Å². The van der Waals surface area contributed by atoms with Crippen LogP contribution in [-0.2, 0) is 4.79 Å². The summed E-state index contributed by atoms with van der Waals surface area (Å²) >= 11 is 0. The van der Waals surface area contributed by atoms with E-state index in [1.54, 1.807) is 7.11 Å². The van der Waals surface area contributed by atoms with E-state index in [2.05, 4.69) is 0 Å². The molecular formula is C21H29NO3. The molecule has 0 amide bonds. The van der Waals surface area contributed by atoms with Crippen molar-refractivity contribution in [2.75, 3.05) is 7.11 Å². The van der Waals surface area contributed by atoms with Crippen molar-refractivity contribution in [3.8, 4) is 5.75 Å². The number of methoxy groups -OCH3 is 1. The van der Waals surface area contributed by atoms with Crippen LogP contribution >= 0.6 is 0 Å². The van der Waals surface area contributed by atoms with Crippen LogP contribution in [0.2, 0.25) is 0 Å². The molecule has 1 saturated carbocycles. The fourth-order valence-electron chi connectivity index (χ4n) is 3.35. The highest BCUT2D eigenvalue weighted by atomic mass is 16.5. The molecule has 0 heterocycles. The van der Waals surface area contributed by atoms with Crippen molar-refractivity contribution >= 4 is 5.97 Å². The van der Waals surface area contributed by atoms with E-state index in [-0.39, 0.29) is 0 Å². The summed E-state index contributed by atoms with van der Waals surface area (Å²) in [7, 11) is 1.64. The van der Waals surface area contributed by atoms with Gasteiger partial charge in [-0.1, -0.05) is 43.5 Å². The van der Waals surface area contributed by atoms with E-state index in [0.717, 1.165) is 24.2 Å². The van der Waals surface area contributed by atoms with Crippen LogP contribution in [0.3, 0.4) is 0 Å². The fraction of sp³-hybridized carbons (Fsp3) is 0.476. The standard InChI is InChI=1S/C15H16O3.C6H13N/c1-18-14-7-5-12(6-8-14)13-4-2-3-11(9-13)10-15(16)17;7-6-4-2-1-3-5-6/h2-3,5-8,10,13H,4,9H2,1H3,(H,16,17);6H,1-5,7H2/b11-10+;. The molecule has 0 spiro atoms. The van der Waals surface area contributed by atoms with Gasteiger partial charge in [-0.15, -0.1) is 0 Å². The van der Waals surface area contributed by atoms with Gasteiger partial charge in [0.2, 0.25) is 0 Å². The second-order valence-electron chi connectivity index (χ2n) is 6.77. The molecule has 136 valence electrons. The van der Waals surface area contributed by atoms with Crippen molar-refractivity contribution in [1.82, 2.24) is 0 Å². The van der Waals surface area contributed by atoms with Crippen molar-refractivity contribution in [2.45, 2.75) is 56.9 Å². The molecule has 1 unspecified atom stereocenters. The third-order valence-corrected chi connectivity index (χ3v) is 4.78. The molecule has 2 aliphatic rings. The summed E-state index contributed by atoms with van der Waals surface area (Å²) in [6.45, 7) is 0. The lowest BCUT2D eigenvalue weighted by atomic mass is 9.85. The van der Waals surface area contributed by atoms with Gasteiger partial charge in [0.25, 0.3) is 0 Å². The Morgan fingerprint density at radius 2 is 1.88 bits per heavy atom. The summed E-state index contributed by atoms with van der Waals surface area (Å²) in [5.74, 6) is 0.308. The second-order valence-corrected chi connectivity index (χ2v) is 6.77. The van der Waals surface area contributed by atoms with E-state index in [9.17, 15) is 4.79 Å². The zero-order chi connectivity index (χ0) is 18.1. The Morgan fingerprint density at radius 1 is 1.20 bits per heavy atom. The van der Waals surface area contributed by atoms with Crippen LogP contribution in [0.5, 0.6) is 5.75 Å². The summed E-state index contributed by atoms with van der Waals surface area (Å²) in [4.78, 5) is 10.7. The number of carboxylic acids is 1. The van der Waals surface area contributed by atoms with Crippen LogP contribution in [0.1, 0.15) is 56.4 Å². The van der Waals surface area contributed by atoms with Crippen molar-refractivity contribution < 1.29 is 14.6 Å². The molecule has 0 aliphatic heterocycles. The number of hydrogen-bond acceptors (Lipinski definition) is 3. The lowest BCUT2D eigenvalue weighted by molar-refractivity contribution is -0.131. The maximum absolute atomic E-state index is 10.7. The van der Waals surface area contributed by atoms with Crippen LogP contribution in [0, 0.1) is 0 Å². The van der Waals surface area contributed by atoms with Gasteiger partial charge < -0.3 is 15.6 Å². The zero-order valence-electron chi connectivity index (χ0n) is 15.0. The minimum atomic E-state index is -0.884. The Hall–Kier alpha value is -2.07. The van der Waals surface area contributed by atoms with E-state index in [1.165, 1.54) is 43.7 Å². The van der Waals surface area contributed by atoms with E-state index in [4.69, 9.17) is 15.6 Å². The van der Waals surface area contributed by atoms with Crippen molar-refractivity contribution in [3.63, 3.8) is 0 Å². The van der Waals surface area contributed by atoms with Crippen LogP contribution in [0.25, 0.3) is 0 Å². The SMILES string of the molecule is COc1ccc(C2CC=C/C(=C\C(=O)O)C2)cc1.NC1CCCCC1. The predicted octanol–water partition coefficient (Wildman–Crippen LogP) is 4.42. The molecule has 4 heteroatoms. The second kappa shape index (κ2) is 10.0. The summed E-state index contributed by atoms with van der Waals surface area (Å²) in [6, 6.07) is 8.50. The lowest BCUT2D eigenvalue weighted by Gasteiger charge is -2.20. The molecule has 25 heavy (non-hydrogen) atoms. The maximum Gasteiger partial charge on any atom is 0.328 e. The number of rotatable bonds is 3. The quantitative estimate of drug-likeness (QED) is 0.797. The Morgan fingerprint density at radius 3 is 2.40 bits per heavy atom. The third-order valence-electron chi connectivity index (χ3n) is 4.78. The Labute approximate surface area is 150 Å². The highest BCUT2D eigenvalue weighted by molar-refractivity contribution is 5.81. The summed E-state index contributed by atoms with van der Waals surface area (Å²) in [5, 5.41) is 8.76. The Bertz CT molecular complexity index is 598. The number of carbonyl (C=O) groups is 1. The molecule has 0 radical (unpaired) electrons. The molecule has 1 aromatic carbocycles. The van der Waals surface area contributed by atoms with Gasteiger partial charge in [0.1, 0.15) is 5.75 Å². The highest BCUT2D eigenvalue weighted by Crippen LogP contribution is 2.32. The van der Waals surface area contributed by atoms with E-state index < -0.39 is 5.97 Å². The maximum atomic E-state index is 10.7. The molecule has 1 atom stereocenters. The number of hydrogen-bond donors (Lipinski definition) is 2. The number of nitrogens with two attached hydrogens (primary N) is 1. The molecule has 1 aromatic rings. The van der Waals surface area contributed by atoms with Crippen molar-refractivity contribution in [3.05, 3.63) is 53.6 Å². The topological polar surface area (TPSA) is 72.5 Å². The molecule has 3 N–H and O–H groups in total. The van der Waals surface area contributed by atoms with Gasteiger partial charge in [-0.25, -0.2) is 4.79 Å². The summed E-state index contributed by atoms with van der Waals surface area (Å²) < 4.78 is 5.13. The molecule has 1 fully saturated rings. The molecule has 0 aromatic heterocycles. The largest absolute Gasteiger partial charge is 0.497 e. The van der Waals surface area contributed by atoms with Gasteiger partial charge in [0.05, 0.1) is 7.11 Å². The van der Waals surface area contributed by atoms with Gasteiger partial charge in [-0.2, -0.15) is 0 Å². The molecule has 0 bridgehead atoms. The lowest BCUT2D eigenvalue weighted by Crippen LogP contribution is -2.22. The van der Waals surface area contributed by atoms with E-state index in [0.29, 0.717) is 12.0 Å². The first-order chi connectivity index (χ1) is 12.1. The minimum absolute atomic E-state index is 0.353. The number of allylic oxidation sites excluding steroid dienone is 3. The first-order valence-corrected chi connectivity index (χ1v) is 9.08. The van der Waals surface area contributed by atoms with Gasteiger partial charge in [0, 0.05) is 12.1 Å². The monoisotopic (exact) mass is 343 g/mol. The number of benzene rings is 1. The fourth-order valence-corrected chi connectivity index (χ4v) is 3.35. The average Bonchev–Trinajstić information content (AvgIpc) is 2.63. The predicted molar refractivity (Wildman–Crippen MR) is 101 cm³/mol. The first-order valence-electron chi connectivity index (χ1n) is 9.08. The Kier molecular flexibility index (Phi) is 7.74.